The molecule has 0 aliphatic rings. The summed E-state index contributed by atoms with van der Waals surface area (Å²) in [5.41, 5.74) is 6.09. The summed E-state index contributed by atoms with van der Waals surface area (Å²) >= 11 is 2.00. The highest BCUT2D eigenvalue weighted by molar-refractivity contribution is 14.1. The second-order valence-corrected chi connectivity index (χ2v) is 3.51. The molecule has 1 aromatic heterocycles. The van der Waals surface area contributed by atoms with Crippen LogP contribution in [0.5, 0.6) is 0 Å². The molecular formula is C7H10IN3O. The first-order valence-electron chi connectivity index (χ1n) is 3.58. The van der Waals surface area contributed by atoms with Crippen molar-refractivity contribution >= 4 is 22.6 Å². The third-order valence-corrected chi connectivity index (χ3v) is 2.77. The standard InChI is InChI=1S/C7H10IN3O/c1-5-6(8)7(12)11(3-2-9)4-10-5/h4H,2-3,9H2,1H3. The van der Waals surface area contributed by atoms with Crippen LogP contribution in [-0.4, -0.2) is 16.1 Å². The number of rotatable bonds is 2. The van der Waals surface area contributed by atoms with E-state index in [1.807, 2.05) is 29.5 Å². The van der Waals surface area contributed by atoms with Crippen LogP contribution >= 0.6 is 22.6 Å². The Kier molecular flexibility index (Phi) is 3.21. The molecule has 0 saturated carbocycles. The molecule has 0 atom stereocenters. The summed E-state index contributed by atoms with van der Waals surface area (Å²) in [6.07, 6.45) is 1.53. The fourth-order valence-electron chi connectivity index (χ4n) is 0.845. The topological polar surface area (TPSA) is 60.9 Å². The summed E-state index contributed by atoms with van der Waals surface area (Å²) < 4.78 is 2.19. The van der Waals surface area contributed by atoms with E-state index in [1.54, 1.807) is 0 Å². The summed E-state index contributed by atoms with van der Waals surface area (Å²) in [5, 5.41) is 0. The molecule has 0 saturated heterocycles. The lowest BCUT2D eigenvalue weighted by Crippen LogP contribution is -2.27. The predicted octanol–water partition coefficient (Wildman–Crippen LogP) is 0.115. The molecule has 12 heavy (non-hydrogen) atoms. The van der Waals surface area contributed by atoms with Gasteiger partial charge in [0.05, 0.1) is 15.6 Å². The van der Waals surface area contributed by atoms with Crippen molar-refractivity contribution in [3.8, 4) is 0 Å². The molecule has 2 N–H and O–H groups in total. The van der Waals surface area contributed by atoms with Gasteiger partial charge in [0, 0.05) is 13.1 Å². The van der Waals surface area contributed by atoms with Gasteiger partial charge in [0.25, 0.3) is 5.56 Å². The molecule has 4 nitrogen and oxygen atoms in total. The maximum atomic E-state index is 11.4. The lowest BCUT2D eigenvalue weighted by Gasteiger charge is -2.03. The Hall–Kier alpha value is -0.430. The van der Waals surface area contributed by atoms with Crippen LogP contribution in [0.15, 0.2) is 11.1 Å². The Labute approximate surface area is 83.9 Å². The minimum Gasteiger partial charge on any atom is -0.329 e. The van der Waals surface area contributed by atoms with Crippen LogP contribution < -0.4 is 11.3 Å². The van der Waals surface area contributed by atoms with E-state index < -0.39 is 0 Å². The van der Waals surface area contributed by atoms with E-state index in [0.29, 0.717) is 16.7 Å². The monoisotopic (exact) mass is 279 g/mol. The predicted molar refractivity (Wildman–Crippen MR) is 55.0 cm³/mol. The Balaban J connectivity index is 3.18. The Morgan fingerprint density at radius 2 is 2.42 bits per heavy atom. The zero-order valence-corrected chi connectivity index (χ0v) is 8.91. The Bertz CT molecular complexity index is 334. The average molecular weight is 279 g/mol. The third kappa shape index (κ3) is 1.84. The maximum absolute atomic E-state index is 11.4. The highest BCUT2D eigenvalue weighted by Gasteiger charge is 2.03. The minimum absolute atomic E-state index is 0.00597. The fraction of sp³-hybridized carbons (Fsp3) is 0.429. The molecule has 0 aliphatic heterocycles. The van der Waals surface area contributed by atoms with Crippen LogP contribution in [0.1, 0.15) is 5.69 Å². The fourth-order valence-corrected chi connectivity index (χ4v) is 1.29. The van der Waals surface area contributed by atoms with Crippen LogP contribution in [0.25, 0.3) is 0 Å². The zero-order chi connectivity index (χ0) is 9.14. The van der Waals surface area contributed by atoms with E-state index in [2.05, 4.69) is 4.98 Å². The van der Waals surface area contributed by atoms with Gasteiger partial charge in [0.2, 0.25) is 0 Å². The molecular weight excluding hydrogens is 269 g/mol. The average Bonchev–Trinajstić information content (AvgIpc) is 2.07. The van der Waals surface area contributed by atoms with Crippen LogP contribution in [0.4, 0.5) is 0 Å². The number of aryl methyl sites for hydroxylation is 1. The first kappa shape index (κ1) is 9.66. The normalized spacial score (nSPS) is 10.2. The van der Waals surface area contributed by atoms with E-state index in [4.69, 9.17) is 5.73 Å². The van der Waals surface area contributed by atoms with Crippen molar-refractivity contribution in [2.24, 2.45) is 5.73 Å². The second kappa shape index (κ2) is 3.99. The van der Waals surface area contributed by atoms with Gasteiger partial charge in [-0.25, -0.2) is 4.98 Å². The summed E-state index contributed by atoms with van der Waals surface area (Å²) in [4.78, 5) is 15.5. The number of nitrogens with two attached hydrogens (primary N) is 1. The second-order valence-electron chi connectivity index (χ2n) is 2.43. The van der Waals surface area contributed by atoms with Crippen molar-refractivity contribution in [2.45, 2.75) is 13.5 Å². The van der Waals surface area contributed by atoms with E-state index in [9.17, 15) is 4.79 Å². The lowest BCUT2D eigenvalue weighted by atomic mass is 10.4. The van der Waals surface area contributed by atoms with Crippen LogP contribution in [-0.2, 0) is 6.54 Å². The van der Waals surface area contributed by atoms with Gasteiger partial charge in [0.15, 0.2) is 0 Å². The summed E-state index contributed by atoms with van der Waals surface area (Å²) in [6.45, 7) is 2.80. The molecule has 0 aliphatic carbocycles. The van der Waals surface area contributed by atoms with E-state index in [0.717, 1.165) is 5.69 Å². The van der Waals surface area contributed by atoms with Gasteiger partial charge in [-0.3, -0.25) is 9.36 Å². The first-order valence-corrected chi connectivity index (χ1v) is 4.66. The number of halogens is 1. The highest BCUT2D eigenvalue weighted by atomic mass is 127. The number of nitrogens with zero attached hydrogens (tertiary/aromatic N) is 2. The number of aromatic nitrogens is 2. The molecule has 0 fully saturated rings. The molecule has 0 amide bonds. The highest BCUT2D eigenvalue weighted by Crippen LogP contribution is 2.00. The zero-order valence-electron chi connectivity index (χ0n) is 6.75. The molecule has 66 valence electrons. The SMILES string of the molecule is Cc1ncn(CCN)c(=O)c1I. The van der Waals surface area contributed by atoms with Gasteiger partial charge >= 0.3 is 0 Å². The van der Waals surface area contributed by atoms with Crippen molar-refractivity contribution in [3.05, 3.63) is 25.9 Å². The Morgan fingerprint density at radius 1 is 1.75 bits per heavy atom. The first-order chi connectivity index (χ1) is 5.66. The van der Waals surface area contributed by atoms with Crippen molar-refractivity contribution in [1.82, 2.24) is 9.55 Å². The smallest absolute Gasteiger partial charge is 0.267 e. The minimum atomic E-state index is -0.00597. The molecule has 1 aromatic rings. The summed E-state index contributed by atoms with van der Waals surface area (Å²) in [7, 11) is 0. The van der Waals surface area contributed by atoms with Gasteiger partial charge in [-0.1, -0.05) is 0 Å². The Morgan fingerprint density at radius 3 is 3.00 bits per heavy atom. The van der Waals surface area contributed by atoms with Gasteiger partial charge < -0.3 is 5.73 Å². The number of hydrogen-bond donors (Lipinski definition) is 1. The largest absolute Gasteiger partial charge is 0.329 e. The van der Waals surface area contributed by atoms with Gasteiger partial charge in [-0.2, -0.15) is 0 Å². The molecule has 1 heterocycles. The summed E-state index contributed by atoms with van der Waals surface area (Å²) in [6, 6.07) is 0. The van der Waals surface area contributed by atoms with Crippen LogP contribution in [0.3, 0.4) is 0 Å². The third-order valence-electron chi connectivity index (χ3n) is 1.53. The maximum Gasteiger partial charge on any atom is 0.267 e. The van der Waals surface area contributed by atoms with Crippen molar-refractivity contribution in [1.29, 1.82) is 0 Å². The molecule has 0 radical (unpaired) electrons. The summed E-state index contributed by atoms with van der Waals surface area (Å²) in [5.74, 6) is 0. The van der Waals surface area contributed by atoms with Crippen LogP contribution in [0.2, 0.25) is 0 Å². The quantitative estimate of drug-likeness (QED) is 0.782. The lowest BCUT2D eigenvalue weighted by molar-refractivity contribution is 0.657. The van der Waals surface area contributed by atoms with Crippen LogP contribution in [0, 0.1) is 10.5 Å². The molecule has 5 heteroatoms. The van der Waals surface area contributed by atoms with Gasteiger partial charge in [0.1, 0.15) is 0 Å². The molecule has 1 rings (SSSR count). The van der Waals surface area contributed by atoms with Crippen molar-refractivity contribution < 1.29 is 0 Å². The molecule has 0 unspecified atom stereocenters. The van der Waals surface area contributed by atoms with E-state index >= 15 is 0 Å². The van der Waals surface area contributed by atoms with Crippen molar-refractivity contribution in [3.63, 3.8) is 0 Å². The van der Waals surface area contributed by atoms with E-state index in [1.165, 1.54) is 10.9 Å². The molecule has 0 aromatic carbocycles. The number of hydrogen-bond acceptors (Lipinski definition) is 3. The van der Waals surface area contributed by atoms with Gasteiger partial charge in [-0.05, 0) is 29.5 Å². The van der Waals surface area contributed by atoms with Gasteiger partial charge in [-0.15, -0.1) is 0 Å². The molecule has 0 spiro atoms. The van der Waals surface area contributed by atoms with Crippen molar-refractivity contribution in [2.75, 3.05) is 6.54 Å². The van der Waals surface area contributed by atoms with E-state index in [-0.39, 0.29) is 5.56 Å². The molecule has 0 bridgehead atoms.